The second-order valence-electron chi connectivity index (χ2n) is 5.53. The van der Waals surface area contributed by atoms with E-state index in [1.165, 1.54) is 6.20 Å². The van der Waals surface area contributed by atoms with Gasteiger partial charge in [0.25, 0.3) is 0 Å². The first-order valence-electron chi connectivity index (χ1n) is 7.93. The van der Waals surface area contributed by atoms with E-state index in [0.717, 1.165) is 11.3 Å². The number of nitrogens with zero attached hydrogens (tertiary/aromatic N) is 2. The number of hydrogen-bond acceptors (Lipinski definition) is 4. The molecule has 1 unspecified atom stereocenters. The molecule has 0 bridgehead atoms. The van der Waals surface area contributed by atoms with Gasteiger partial charge >= 0.3 is 12.1 Å². The first-order valence-corrected chi connectivity index (χ1v) is 7.93. The lowest BCUT2D eigenvalue weighted by molar-refractivity contribution is -0.139. The number of benzene rings is 2. The normalized spacial score (nSPS) is 11.5. The molecule has 0 aliphatic rings. The van der Waals surface area contributed by atoms with Crippen molar-refractivity contribution in [3.8, 4) is 5.69 Å². The van der Waals surface area contributed by atoms with Crippen LogP contribution in [0.2, 0.25) is 0 Å². The van der Waals surface area contributed by atoms with Gasteiger partial charge in [0.1, 0.15) is 6.61 Å². The van der Waals surface area contributed by atoms with Gasteiger partial charge in [-0.1, -0.05) is 48.5 Å². The fourth-order valence-electron chi connectivity index (χ4n) is 2.38. The average molecular weight is 351 g/mol. The van der Waals surface area contributed by atoms with Crippen molar-refractivity contribution in [1.82, 2.24) is 15.1 Å². The van der Waals surface area contributed by atoms with E-state index in [4.69, 9.17) is 4.74 Å². The van der Waals surface area contributed by atoms with Crippen molar-refractivity contribution in [2.24, 2.45) is 0 Å². The largest absolute Gasteiger partial charge is 0.479 e. The summed E-state index contributed by atoms with van der Waals surface area (Å²) in [4.78, 5) is 23.5. The van der Waals surface area contributed by atoms with Crippen molar-refractivity contribution < 1.29 is 19.4 Å². The van der Waals surface area contributed by atoms with Crippen molar-refractivity contribution in [2.75, 3.05) is 0 Å². The Morgan fingerprint density at radius 1 is 1.08 bits per heavy atom. The number of nitrogens with one attached hydrogen (secondary N) is 1. The van der Waals surface area contributed by atoms with Gasteiger partial charge in [0, 0.05) is 11.8 Å². The Hall–Kier alpha value is -3.61. The SMILES string of the molecule is O=C(NC(C(=O)O)c1cnn(-c2ccccc2)c1)OCc1ccccc1. The van der Waals surface area contributed by atoms with Gasteiger partial charge in [0.05, 0.1) is 11.9 Å². The van der Waals surface area contributed by atoms with E-state index in [1.54, 1.807) is 10.9 Å². The molecule has 3 aromatic rings. The number of alkyl carbamates (subject to hydrolysis) is 1. The molecule has 1 amide bonds. The lowest BCUT2D eigenvalue weighted by Gasteiger charge is -2.13. The van der Waals surface area contributed by atoms with Crippen LogP contribution in [0.1, 0.15) is 17.2 Å². The number of carboxylic acids is 1. The number of para-hydroxylation sites is 1. The molecular formula is C19H17N3O4. The predicted molar refractivity (Wildman–Crippen MR) is 93.7 cm³/mol. The summed E-state index contributed by atoms with van der Waals surface area (Å²) in [6.07, 6.45) is 2.16. The summed E-state index contributed by atoms with van der Waals surface area (Å²) in [6, 6.07) is 17.1. The van der Waals surface area contributed by atoms with Gasteiger partial charge in [-0.15, -0.1) is 0 Å². The highest BCUT2D eigenvalue weighted by atomic mass is 16.5. The fourth-order valence-corrected chi connectivity index (χ4v) is 2.38. The molecule has 1 atom stereocenters. The van der Waals surface area contributed by atoms with Gasteiger partial charge in [0.15, 0.2) is 6.04 Å². The molecule has 0 aliphatic carbocycles. The predicted octanol–water partition coefficient (Wildman–Crippen LogP) is 2.92. The molecule has 2 N–H and O–H groups in total. The maximum Gasteiger partial charge on any atom is 0.408 e. The Bertz CT molecular complexity index is 878. The van der Waals surface area contributed by atoms with Gasteiger partial charge in [-0.3, -0.25) is 0 Å². The second kappa shape index (κ2) is 7.98. The average Bonchev–Trinajstić information content (AvgIpc) is 3.15. The van der Waals surface area contributed by atoms with E-state index in [1.807, 2.05) is 60.7 Å². The Balaban J connectivity index is 1.67. The molecule has 0 saturated carbocycles. The number of aliphatic carboxylic acids is 1. The number of ether oxygens (including phenoxy) is 1. The van der Waals surface area contributed by atoms with E-state index in [-0.39, 0.29) is 6.61 Å². The van der Waals surface area contributed by atoms with Crippen molar-refractivity contribution >= 4 is 12.1 Å². The molecule has 26 heavy (non-hydrogen) atoms. The molecule has 0 saturated heterocycles. The van der Waals surface area contributed by atoms with Crippen LogP contribution in [0.3, 0.4) is 0 Å². The maximum absolute atomic E-state index is 12.0. The third-order valence-electron chi connectivity index (χ3n) is 3.68. The zero-order chi connectivity index (χ0) is 18.4. The highest BCUT2D eigenvalue weighted by Gasteiger charge is 2.24. The van der Waals surface area contributed by atoms with Gasteiger partial charge < -0.3 is 15.2 Å². The lowest BCUT2D eigenvalue weighted by atomic mass is 10.1. The smallest absolute Gasteiger partial charge is 0.408 e. The van der Waals surface area contributed by atoms with Crippen LogP contribution in [-0.4, -0.2) is 26.9 Å². The first kappa shape index (κ1) is 17.2. The molecule has 0 spiro atoms. The topological polar surface area (TPSA) is 93.5 Å². The second-order valence-corrected chi connectivity index (χ2v) is 5.53. The minimum absolute atomic E-state index is 0.0578. The van der Waals surface area contributed by atoms with Crippen LogP contribution in [0, 0.1) is 0 Å². The van der Waals surface area contributed by atoms with E-state index in [2.05, 4.69) is 10.4 Å². The van der Waals surface area contributed by atoms with Crippen molar-refractivity contribution in [2.45, 2.75) is 12.6 Å². The maximum atomic E-state index is 12.0. The number of rotatable bonds is 6. The Morgan fingerprint density at radius 3 is 2.38 bits per heavy atom. The van der Waals surface area contributed by atoms with E-state index < -0.39 is 18.1 Å². The summed E-state index contributed by atoms with van der Waals surface area (Å²) in [5.74, 6) is -1.20. The van der Waals surface area contributed by atoms with Crippen LogP contribution in [0.5, 0.6) is 0 Å². The molecule has 1 aromatic heterocycles. The molecule has 7 nitrogen and oxygen atoms in total. The number of aromatic nitrogens is 2. The summed E-state index contributed by atoms with van der Waals surface area (Å²) < 4.78 is 6.62. The third-order valence-corrected chi connectivity index (χ3v) is 3.68. The molecule has 2 aromatic carbocycles. The molecular weight excluding hydrogens is 334 g/mol. The Kier molecular flexibility index (Phi) is 5.28. The lowest BCUT2D eigenvalue weighted by Crippen LogP contribution is -2.33. The van der Waals surface area contributed by atoms with Gasteiger partial charge in [-0.2, -0.15) is 5.10 Å². The molecule has 7 heteroatoms. The molecule has 0 fully saturated rings. The number of carbonyl (C=O) groups is 2. The summed E-state index contributed by atoms with van der Waals surface area (Å²) in [6.45, 7) is 0.0578. The summed E-state index contributed by atoms with van der Waals surface area (Å²) in [5, 5.41) is 15.9. The minimum Gasteiger partial charge on any atom is -0.479 e. The standard InChI is InChI=1S/C19H17N3O4/c23-18(24)17(21-19(25)26-13-14-7-3-1-4-8-14)15-11-20-22(12-15)16-9-5-2-6-10-16/h1-12,17H,13H2,(H,21,25)(H,23,24). The van der Waals surface area contributed by atoms with Gasteiger partial charge in [0.2, 0.25) is 0 Å². The first-order chi connectivity index (χ1) is 12.6. The monoisotopic (exact) mass is 351 g/mol. The van der Waals surface area contributed by atoms with Crippen molar-refractivity contribution in [1.29, 1.82) is 0 Å². The van der Waals surface area contributed by atoms with Crippen molar-refractivity contribution in [3.63, 3.8) is 0 Å². The Morgan fingerprint density at radius 2 is 1.73 bits per heavy atom. The third kappa shape index (κ3) is 4.27. The van der Waals surface area contributed by atoms with Crippen molar-refractivity contribution in [3.05, 3.63) is 84.2 Å². The van der Waals surface area contributed by atoms with Crippen LogP contribution in [0.4, 0.5) is 4.79 Å². The molecule has 0 radical (unpaired) electrons. The van der Waals surface area contributed by atoms with E-state index in [0.29, 0.717) is 5.56 Å². The van der Waals surface area contributed by atoms with Crippen LogP contribution in [0.25, 0.3) is 5.69 Å². The molecule has 1 heterocycles. The number of carboxylic acid groups (broad SMARTS) is 1. The van der Waals surface area contributed by atoms with E-state index >= 15 is 0 Å². The van der Waals surface area contributed by atoms with Crippen LogP contribution < -0.4 is 5.32 Å². The van der Waals surface area contributed by atoms with Crippen LogP contribution in [-0.2, 0) is 16.1 Å². The number of hydrogen-bond donors (Lipinski definition) is 2. The van der Waals surface area contributed by atoms with Crippen LogP contribution in [0.15, 0.2) is 73.1 Å². The highest BCUT2D eigenvalue weighted by molar-refractivity contribution is 5.81. The highest BCUT2D eigenvalue weighted by Crippen LogP contribution is 2.15. The van der Waals surface area contributed by atoms with Gasteiger partial charge in [-0.25, -0.2) is 14.3 Å². The summed E-state index contributed by atoms with van der Waals surface area (Å²) in [7, 11) is 0. The zero-order valence-electron chi connectivity index (χ0n) is 13.8. The number of amides is 1. The number of carbonyl (C=O) groups excluding carboxylic acids is 1. The fraction of sp³-hybridized carbons (Fsp3) is 0.105. The zero-order valence-corrected chi connectivity index (χ0v) is 13.8. The molecule has 0 aliphatic heterocycles. The Labute approximate surface area is 149 Å². The molecule has 3 rings (SSSR count). The van der Waals surface area contributed by atoms with Crippen LogP contribution >= 0.6 is 0 Å². The molecule has 132 valence electrons. The quantitative estimate of drug-likeness (QED) is 0.712. The van der Waals surface area contributed by atoms with Gasteiger partial charge in [-0.05, 0) is 17.7 Å². The summed E-state index contributed by atoms with van der Waals surface area (Å²) in [5.41, 5.74) is 1.94. The summed E-state index contributed by atoms with van der Waals surface area (Å²) >= 11 is 0. The van der Waals surface area contributed by atoms with E-state index in [9.17, 15) is 14.7 Å². The minimum atomic E-state index is -1.25.